The van der Waals surface area contributed by atoms with E-state index in [1.807, 2.05) is 0 Å². The summed E-state index contributed by atoms with van der Waals surface area (Å²) in [5, 5.41) is 11.5. The minimum atomic E-state index is -5.85. The van der Waals surface area contributed by atoms with Crippen molar-refractivity contribution in [2.24, 2.45) is 0 Å². The maximum absolute atomic E-state index is 12.4. The summed E-state index contributed by atoms with van der Waals surface area (Å²) in [7, 11) is 0. The predicted octanol–water partition coefficient (Wildman–Crippen LogP) is 4.47. The number of aliphatic hydroxyl groups is 1. The minimum absolute atomic E-state index is 0.0706. The van der Waals surface area contributed by atoms with Gasteiger partial charge in [-0.2, -0.15) is 26.3 Å². The third-order valence-electron chi connectivity index (χ3n) is 3.50. The fourth-order valence-corrected chi connectivity index (χ4v) is 2.19. The number of ether oxygens (including phenoxy) is 1. The van der Waals surface area contributed by atoms with Gasteiger partial charge in [-0.25, -0.2) is 4.79 Å². The molecule has 9 heteroatoms. The zero-order valence-electron chi connectivity index (χ0n) is 12.9. The van der Waals surface area contributed by atoms with Crippen LogP contribution in [0.1, 0.15) is 11.7 Å². The Labute approximate surface area is 143 Å². The van der Waals surface area contributed by atoms with Crippen LogP contribution in [0.15, 0.2) is 54.6 Å². The quantitative estimate of drug-likeness (QED) is 0.485. The molecule has 26 heavy (non-hydrogen) atoms. The summed E-state index contributed by atoms with van der Waals surface area (Å²) in [5.41, 5.74) is -0.875. The fraction of sp³-hybridized carbons (Fsp3) is 0.235. The predicted molar refractivity (Wildman–Crippen MR) is 80.0 cm³/mol. The summed E-state index contributed by atoms with van der Waals surface area (Å²) in [6.07, 6.45) is -17.8. The van der Waals surface area contributed by atoms with E-state index in [1.54, 1.807) is 30.3 Å². The number of rotatable bonds is 4. The van der Waals surface area contributed by atoms with Crippen LogP contribution in [0.5, 0.6) is 0 Å². The first-order chi connectivity index (χ1) is 11.9. The third kappa shape index (κ3) is 4.34. The zero-order chi connectivity index (χ0) is 19.7. The molecular weight excluding hydrogens is 366 g/mol. The van der Waals surface area contributed by atoms with Crippen LogP contribution >= 0.6 is 0 Å². The average Bonchev–Trinajstić information content (AvgIpc) is 2.55. The van der Waals surface area contributed by atoms with E-state index < -0.39 is 36.1 Å². The molecule has 0 radical (unpaired) electrons. The van der Waals surface area contributed by atoms with Crippen LogP contribution in [-0.2, 0) is 9.53 Å². The molecular formula is C17H12F6O3. The molecule has 0 amide bonds. The van der Waals surface area contributed by atoms with E-state index in [1.165, 1.54) is 12.1 Å². The number of carbonyl (C=O) groups excluding carboxylic acids is 1. The number of esters is 1. The Balaban J connectivity index is 2.21. The Kier molecular flexibility index (Phi) is 5.31. The van der Waals surface area contributed by atoms with Crippen molar-refractivity contribution in [3.05, 3.63) is 60.2 Å². The Morgan fingerprint density at radius 2 is 1.50 bits per heavy atom. The Hall–Kier alpha value is -2.55. The summed E-state index contributed by atoms with van der Waals surface area (Å²) < 4.78 is 78.2. The van der Waals surface area contributed by atoms with Gasteiger partial charge in [0.05, 0.1) is 5.57 Å². The second kappa shape index (κ2) is 6.99. The van der Waals surface area contributed by atoms with Crippen molar-refractivity contribution in [1.82, 2.24) is 0 Å². The number of alkyl halides is 6. The lowest BCUT2D eigenvalue weighted by Crippen LogP contribution is -2.45. The molecule has 0 bridgehead atoms. The molecule has 0 aliphatic rings. The van der Waals surface area contributed by atoms with Gasteiger partial charge in [-0.05, 0) is 22.4 Å². The van der Waals surface area contributed by atoms with Crippen LogP contribution in [0.2, 0.25) is 0 Å². The molecule has 0 saturated heterocycles. The smallest absolute Gasteiger partial charge is 0.434 e. The molecule has 1 N–H and O–H groups in total. The lowest BCUT2D eigenvalue weighted by molar-refractivity contribution is -0.312. The summed E-state index contributed by atoms with van der Waals surface area (Å²) in [6.45, 7) is 3.07. The molecule has 0 aliphatic heterocycles. The largest absolute Gasteiger partial charge is 0.439 e. The maximum Gasteiger partial charge on any atom is 0.434 e. The van der Waals surface area contributed by atoms with Crippen LogP contribution in [0.4, 0.5) is 26.3 Å². The summed E-state index contributed by atoms with van der Waals surface area (Å²) >= 11 is 0. The summed E-state index contributed by atoms with van der Waals surface area (Å²) in [5.74, 6) is -2.00. The molecule has 0 spiro atoms. The van der Waals surface area contributed by atoms with Gasteiger partial charge >= 0.3 is 18.3 Å². The number of hydrogen-bond donors (Lipinski definition) is 1. The number of carbonyl (C=O) groups is 1. The van der Waals surface area contributed by atoms with Crippen LogP contribution < -0.4 is 0 Å². The average molecular weight is 378 g/mol. The highest BCUT2D eigenvalue weighted by Crippen LogP contribution is 2.36. The van der Waals surface area contributed by atoms with E-state index in [-0.39, 0.29) is 5.56 Å². The summed E-state index contributed by atoms with van der Waals surface area (Å²) in [6, 6.07) is 11.3. The van der Waals surface area contributed by atoms with Crippen molar-refractivity contribution >= 4 is 16.7 Å². The van der Waals surface area contributed by atoms with Crippen molar-refractivity contribution < 1.29 is 41.0 Å². The Morgan fingerprint density at radius 3 is 2.04 bits per heavy atom. The molecule has 0 aliphatic carbocycles. The van der Waals surface area contributed by atoms with Crippen LogP contribution in [-0.4, -0.2) is 29.5 Å². The highest BCUT2D eigenvalue weighted by atomic mass is 19.4. The topological polar surface area (TPSA) is 46.5 Å². The molecule has 0 unspecified atom stereocenters. The molecule has 3 nitrogen and oxygen atoms in total. The molecule has 1 atom stereocenters. The minimum Gasteiger partial charge on any atom is -0.439 e. The van der Waals surface area contributed by atoms with Crippen LogP contribution in [0, 0.1) is 0 Å². The second-order valence-corrected chi connectivity index (χ2v) is 5.40. The van der Waals surface area contributed by atoms with Crippen molar-refractivity contribution in [3.63, 3.8) is 0 Å². The molecule has 2 aromatic rings. The normalized spacial score (nSPS) is 13.7. The van der Waals surface area contributed by atoms with Gasteiger partial charge in [0.15, 0.2) is 0 Å². The first-order valence-corrected chi connectivity index (χ1v) is 7.11. The highest BCUT2D eigenvalue weighted by molar-refractivity contribution is 5.90. The van der Waals surface area contributed by atoms with Gasteiger partial charge in [0, 0.05) is 0 Å². The van der Waals surface area contributed by atoms with Crippen molar-refractivity contribution in [2.75, 3.05) is 0 Å². The number of hydrogen-bond acceptors (Lipinski definition) is 3. The van der Waals surface area contributed by atoms with E-state index in [2.05, 4.69) is 11.3 Å². The van der Waals surface area contributed by atoms with Gasteiger partial charge < -0.3 is 9.84 Å². The lowest BCUT2D eigenvalue weighted by Gasteiger charge is -2.24. The standard InChI is InChI=1S/C17H12F6O3/c1-9(14(25)26-15(16(18,19)20)17(21,22)23)13(24)12-7-6-10-4-2-3-5-11(10)8-12/h2-8,13,15,24H,1H2/t13-/m0/s1. The monoisotopic (exact) mass is 378 g/mol. The molecule has 140 valence electrons. The fourth-order valence-electron chi connectivity index (χ4n) is 2.19. The number of benzene rings is 2. The number of halogens is 6. The molecule has 0 aromatic heterocycles. The lowest BCUT2D eigenvalue weighted by atomic mass is 9.99. The van der Waals surface area contributed by atoms with E-state index in [9.17, 15) is 36.2 Å². The van der Waals surface area contributed by atoms with Gasteiger partial charge in [-0.15, -0.1) is 0 Å². The molecule has 0 heterocycles. The molecule has 0 saturated carbocycles. The SMILES string of the molecule is C=C(C(=O)OC(C(F)(F)F)C(F)(F)F)[C@H](O)c1ccc2ccccc2c1. The highest BCUT2D eigenvalue weighted by Gasteiger charge is 2.60. The van der Waals surface area contributed by atoms with E-state index in [4.69, 9.17) is 0 Å². The van der Waals surface area contributed by atoms with Gasteiger partial charge in [0.1, 0.15) is 6.10 Å². The van der Waals surface area contributed by atoms with Gasteiger partial charge in [0.25, 0.3) is 6.10 Å². The van der Waals surface area contributed by atoms with Crippen LogP contribution in [0.3, 0.4) is 0 Å². The zero-order valence-corrected chi connectivity index (χ0v) is 12.9. The first kappa shape index (κ1) is 19.8. The Bertz CT molecular complexity index is 811. The van der Waals surface area contributed by atoms with E-state index in [0.29, 0.717) is 5.39 Å². The van der Waals surface area contributed by atoms with Crippen molar-refractivity contribution in [1.29, 1.82) is 0 Å². The molecule has 0 fully saturated rings. The van der Waals surface area contributed by atoms with Crippen molar-refractivity contribution in [2.45, 2.75) is 24.6 Å². The van der Waals surface area contributed by atoms with Crippen LogP contribution in [0.25, 0.3) is 10.8 Å². The Morgan fingerprint density at radius 1 is 0.962 bits per heavy atom. The number of aliphatic hydroxyl groups excluding tert-OH is 1. The second-order valence-electron chi connectivity index (χ2n) is 5.40. The van der Waals surface area contributed by atoms with Crippen molar-refractivity contribution in [3.8, 4) is 0 Å². The van der Waals surface area contributed by atoms with Gasteiger partial charge in [-0.1, -0.05) is 43.0 Å². The third-order valence-corrected chi connectivity index (χ3v) is 3.50. The first-order valence-electron chi connectivity index (χ1n) is 7.11. The number of fused-ring (bicyclic) bond motifs is 1. The molecule has 2 rings (SSSR count). The van der Waals surface area contributed by atoms with Gasteiger partial charge in [-0.3, -0.25) is 0 Å². The summed E-state index contributed by atoms with van der Waals surface area (Å²) in [4.78, 5) is 11.6. The van der Waals surface area contributed by atoms with E-state index >= 15 is 0 Å². The maximum atomic E-state index is 12.4. The molecule has 2 aromatic carbocycles. The van der Waals surface area contributed by atoms with E-state index in [0.717, 1.165) is 5.39 Å². The van der Waals surface area contributed by atoms with Gasteiger partial charge in [0.2, 0.25) is 0 Å².